The van der Waals surface area contributed by atoms with Crippen LogP contribution in [0.3, 0.4) is 0 Å². The van der Waals surface area contributed by atoms with Crippen molar-refractivity contribution in [2.24, 2.45) is 5.92 Å². The van der Waals surface area contributed by atoms with Crippen LogP contribution in [0.15, 0.2) is 36.0 Å². The summed E-state index contributed by atoms with van der Waals surface area (Å²) in [5, 5.41) is 28.3. The van der Waals surface area contributed by atoms with Crippen LogP contribution in [-0.4, -0.2) is 70.5 Å². The lowest BCUT2D eigenvalue weighted by molar-refractivity contribution is -0.149. The third kappa shape index (κ3) is 3.91. The van der Waals surface area contributed by atoms with Crippen molar-refractivity contribution < 1.29 is 39.1 Å². The van der Waals surface area contributed by atoms with Gasteiger partial charge >= 0.3 is 11.9 Å². The summed E-state index contributed by atoms with van der Waals surface area (Å²) in [6.07, 6.45) is 0.249. The molecule has 2 saturated heterocycles. The predicted molar refractivity (Wildman–Crippen MR) is 96.9 cm³/mol. The minimum atomic E-state index is -1.44. The van der Waals surface area contributed by atoms with Gasteiger partial charge < -0.3 is 29.5 Å². The number of hydrogen-bond donors (Lipinski definition) is 3. The molecule has 2 fully saturated rings. The van der Waals surface area contributed by atoms with Gasteiger partial charge in [0, 0.05) is 12.0 Å². The lowest BCUT2D eigenvalue weighted by atomic mass is 9.82. The largest absolute Gasteiger partial charge is 0.458 e. The lowest BCUT2D eigenvalue weighted by Gasteiger charge is -2.29. The summed E-state index contributed by atoms with van der Waals surface area (Å²) in [5.41, 5.74) is 0.0569. The average molecular weight is 394 g/mol. The highest BCUT2D eigenvalue weighted by molar-refractivity contribution is 5.92. The van der Waals surface area contributed by atoms with Gasteiger partial charge in [0.05, 0.1) is 36.4 Å². The summed E-state index contributed by atoms with van der Waals surface area (Å²) in [4.78, 5) is 24.6. The van der Waals surface area contributed by atoms with E-state index in [9.17, 15) is 19.8 Å². The van der Waals surface area contributed by atoms with Gasteiger partial charge in [-0.15, -0.1) is 0 Å². The molecule has 0 spiro atoms. The van der Waals surface area contributed by atoms with Gasteiger partial charge in [0.1, 0.15) is 18.3 Å². The van der Waals surface area contributed by atoms with Gasteiger partial charge in [0.25, 0.3) is 0 Å². The minimum absolute atomic E-state index is 0.0577. The SMILES string of the molecule is C=C1C(=O)O[C@@H]2/C=C(\CO)CC[C@H]3O[C@]3(C)C[C@H](OC(=O)C(=C)[C@@H](O)CO)[C@@H]12. The van der Waals surface area contributed by atoms with Crippen LogP contribution in [0, 0.1) is 5.92 Å². The zero-order chi connectivity index (χ0) is 20.6. The second kappa shape index (κ2) is 7.79. The van der Waals surface area contributed by atoms with Gasteiger partial charge in [-0.05, 0) is 31.4 Å². The van der Waals surface area contributed by atoms with E-state index in [-0.39, 0.29) is 23.9 Å². The molecule has 154 valence electrons. The molecule has 0 radical (unpaired) electrons. The summed E-state index contributed by atoms with van der Waals surface area (Å²) in [6, 6.07) is 0. The third-order valence-corrected chi connectivity index (χ3v) is 5.73. The Hall–Kier alpha value is -2.00. The number of esters is 2. The van der Waals surface area contributed by atoms with E-state index in [1.54, 1.807) is 6.08 Å². The van der Waals surface area contributed by atoms with Gasteiger partial charge in [-0.1, -0.05) is 13.2 Å². The van der Waals surface area contributed by atoms with E-state index in [0.29, 0.717) is 24.8 Å². The van der Waals surface area contributed by atoms with E-state index >= 15 is 0 Å². The van der Waals surface area contributed by atoms with E-state index < -0.39 is 48.4 Å². The highest BCUT2D eigenvalue weighted by atomic mass is 16.6. The first-order chi connectivity index (χ1) is 13.2. The highest BCUT2D eigenvalue weighted by Gasteiger charge is 2.56. The maximum Gasteiger partial charge on any atom is 0.336 e. The minimum Gasteiger partial charge on any atom is -0.458 e. The molecule has 3 rings (SSSR count). The van der Waals surface area contributed by atoms with Gasteiger partial charge in [0.2, 0.25) is 0 Å². The second-order valence-corrected chi connectivity index (χ2v) is 7.73. The van der Waals surface area contributed by atoms with Crippen molar-refractivity contribution in [2.45, 2.75) is 56.2 Å². The summed E-state index contributed by atoms with van der Waals surface area (Å²) in [5.74, 6) is -2.12. The lowest BCUT2D eigenvalue weighted by Crippen LogP contribution is -2.38. The van der Waals surface area contributed by atoms with Crippen molar-refractivity contribution in [3.8, 4) is 0 Å². The average Bonchev–Trinajstić information content (AvgIpc) is 3.22. The van der Waals surface area contributed by atoms with Crippen molar-refractivity contribution in [2.75, 3.05) is 13.2 Å². The first-order valence-electron chi connectivity index (χ1n) is 9.27. The fraction of sp³-hybridized carbons (Fsp3) is 0.600. The molecule has 28 heavy (non-hydrogen) atoms. The summed E-state index contributed by atoms with van der Waals surface area (Å²) >= 11 is 0. The predicted octanol–water partition coefficient (Wildman–Crippen LogP) is 0.165. The Balaban J connectivity index is 1.92. The van der Waals surface area contributed by atoms with Crippen LogP contribution < -0.4 is 0 Å². The Morgan fingerprint density at radius 1 is 1.46 bits per heavy atom. The second-order valence-electron chi connectivity index (χ2n) is 7.73. The Kier molecular flexibility index (Phi) is 5.77. The number of hydrogen-bond acceptors (Lipinski definition) is 8. The molecule has 0 bridgehead atoms. The Morgan fingerprint density at radius 2 is 2.18 bits per heavy atom. The molecule has 3 N–H and O–H groups in total. The van der Waals surface area contributed by atoms with E-state index in [1.807, 2.05) is 6.92 Å². The van der Waals surface area contributed by atoms with Gasteiger partial charge in [-0.2, -0.15) is 0 Å². The maximum atomic E-state index is 12.4. The molecule has 0 aromatic carbocycles. The summed E-state index contributed by atoms with van der Waals surface area (Å²) in [7, 11) is 0. The van der Waals surface area contributed by atoms with Crippen LogP contribution in [0.4, 0.5) is 0 Å². The molecular weight excluding hydrogens is 368 g/mol. The topological polar surface area (TPSA) is 126 Å². The standard InChI is InChI=1S/C20H26O8/c1-10(13(23)9-22)18(24)27-15-7-20(3)16(28-20)5-4-12(8-21)6-14-17(15)11(2)19(25)26-14/h6,13-17,21-23H,1-2,4-5,7-9H2,3H3/b12-6-/t13-,14+,15-,16+,17-,20+/m0/s1. The smallest absolute Gasteiger partial charge is 0.336 e. The highest BCUT2D eigenvalue weighted by Crippen LogP contribution is 2.47. The number of fused-ring (bicyclic) bond motifs is 2. The van der Waals surface area contributed by atoms with Crippen LogP contribution in [0.1, 0.15) is 26.2 Å². The van der Waals surface area contributed by atoms with Gasteiger partial charge in [0.15, 0.2) is 0 Å². The third-order valence-electron chi connectivity index (χ3n) is 5.73. The van der Waals surface area contributed by atoms with E-state index in [4.69, 9.17) is 19.3 Å². The number of carbonyl (C=O) groups excluding carboxylic acids is 2. The van der Waals surface area contributed by atoms with Crippen molar-refractivity contribution >= 4 is 11.9 Å². The molecule has 2 heterocycles. The fourth-order valence-electron chi connectivity index (χ4n) is 3.88. The van der Waals surface area contributed by atoms with Crippen molar-refractivity contribution in [3.05, 3.63) is 36.0 Å². The molecule has 0 aromatic rings. The summed E-state index contributed by atoms with van der Waals surface area (Å²) in [6.45, 7) is 8.33. The fourth-order valence-corrected chi connectivity index (χ4v) is 3.88. The van der Waals surface area contributed by atoms with Crippen LogP contribution in [0.25, 0.3) is 0 Å². The number of ether oxygens (including phenoxy) is 3. The Bertz CT molecular complexity index is 726. The molecule has 8 nitrogen and oxygen atoms in total. The molecule has 2 aliphatic heterocycles. The van der Waals surface area contributed by atoms with Crippen LogP contribution >= 0.6 is 0 Å². The number of rotatable bonds is 5. The molecule has 0 amide bonds. The van der Waals surface area contributed by atoms with Crippen LogP contribution in [0.5, 0.6) is 0 Å². The van der Waals surface area contributed by atoms with E-state index in [1.165, 1.54) is 0 Å². The van der Waals surface area contributed by atoms with E-state index in [0.717, 1.165) is 0 Å². The normalized spacial score (nSPS) is 37.6. The molecule has 8 heteroatoms. The first-order valence-corrected chi connectivity index (χ1v) is 9.27. The van der Waals surface area contributed by atoms with Gasteiger partial charge in [-0.3, -0.25) is 0 Å². The van der Waals surface area contributed by atoms with Crippen LogP contribution in [-0.2, 0) is 23.8 Å². The number of carbonyl (C=O) groups is 2. The molecule has 0 aromatic heterocycles. The Morgan fingerprint density at radius 3 is 2.82 bits per heavy atom. The number of aliphatic hydroxyl groups excluding tert-OH is 3. The summed E-state index contributed by atoms with van der Waals surface area (Å²) < 4.78 is 16.8. The molecule has 6 atom stereocenters. The quantitative estimate of drug-likeness (QED) is 0.261. The van der Waals surface area contributed by atoms with E-state index in [2.05, 4.69) is 13.2 Å². The Labute approximate surface area is 163 Å². The number of aliphatic hydroxyl groups is 3. The molecule has 1 aliphatic carbocycles. The molecule has 3 aliphatic rings. The molecular formula is C20H26O8. The zero-order valence-electron chi connectivity index (χ0n) is 15.8. The van der Waals surface area contributed by atoms with Gasteiger partial charge in [-0.25, -0.2) is 9.59 Å². The number of epoxide rings is 1. The maximum absolute atomic E-state index is 12.4. The van der Waals surface area contributed by atoms with Crippen molar-refractivity contribution in [1.29, 1.82) is 0 Å². The van der Waals surface area contributed by atoms with Crippen LogP contribution in [0.2, 0.25) is 0 Å². The monoisotopic (exact) mass is 394 g/mol. The first kappa shape index (κ1) is 20.7. The van der Waals surface area contributed by atoms with Crippen molar-refractivity contribution in [3.63, 3.8) is 0 Å². The van der Waals surface area contributed by atoms with Crippen molar-refractivity contribution in [1.82, 2.24) is 0 Å². The molecule has 0 saturated carbocycles. The zero-order valence-corrected chi connectivity index (χ0v) is 15.8. The molecule has 0 unspecified atom stereocenters.